The molecule has 0 aromatic heterocycles. The van der Waals surface area contributed by atoms with Gasteiger partial charge in [0, 0.05) is 25.7 Å². The maximum atomic E-state index is 12.3. The molecule has 14 nitrogen and oxygen atoms in total. The summed E-state index contributed by atoms with van der Waals surface area (Å²) in [7, 11) is -10.4. The fourth-order valence-electron chi connectivity index (χ4n) is 3.03. The molecule has 1 heterocycles. The van der Waals surface area contributed by atoms with Crippen LogP contribution in [0.4, 0.5) is 5.69 Å². The molecule has 0 saturated carbocycles. The Labute approximate surface area is 177 Å². The fourth-order valence-corrected chi connectivity index (χ4v) is 5.04. The van der Waals surface area contributed by atoms with E-state index in [4.69, 9.17) is 24.3 Å². The van der Waals surface area contributed by atoms with Gasteiger partial charge in [-0.05, 0) is 31.4 Å². The largest absolute Gasteiger partial charge is 0.412 e. The molecule has 1 saturated heterocycles. The van der Waals surface area contributed by atoms with Crippen LogP contribution in [0.1, 0.15) is 28.8 Å². The number of amides is 1. The summed E-state index contributed by atoms with van der Waals surface area (Å²) in [5.41, 5.74) is 0.328. The molecule has 16 heteroatoms. The van der Waals surface area contributed by atoms with E-state index in [1.807, 2.05) is 0 Å². The van der Waals surface area contributed by atoms with E-state index in [0.717, 1.165) is 0 Å². The lowest BCUT2D eigenvalue weighted by molar-refractivity contribution is -0.385. The number of hydrogen-bond acceptors (Lipinski definition) is 7. The topological polar surface area (TPSA) is 212 Å². The highest BCUT2D eigenvalue weighted by atomic mass is 31.3. The van der Waals surface area contributed by atoms with Gasteiger partial charge in [0.1, 0.15) is 11.8 Å². The smallest absolute Gasteiger partial charge is 0.359 e. The number of benzene rings is 1. The summed E-state index contributed by atoms with van der Waals surface area (Å²) in [6, 6.07) is 4.21. The third-order valence-electron chi connectivity index (χ3n) is 4.45. The lowest BCUT2D eigenvalue weighted by atomic mass is 10.1. The van der Waals surface area contributed by atoms with E-state index in [1.54, 1.807) is 6.92 Å². The van der Waals surface area contributed by atoms with Crippen LogP contribution in [0.25, 0.3) is 0 Å². The second-order valence-corrected chi connectivity index (χ2v) is 10.2. The van der Waals surface area contributed by atoms with Crippen molar-refractivity contribution in [3.05, 3.63) is 39.4 Å². The molecule has 1 amide bonds. The predicted molar refractivity (Wildman–Crippen MR) is 107 cm³/mol. The molecule has 0 spiro atoms. The molecule has 2 rings (SSSR count). The summed E-state index contributed by atoms with van der Waals surface area (Å²) in [6.45, 7) is 1.39. The van der Waals surface area contributed by atoms with Crippen molar-refractivity contribution in [2.45, 2.75) is 32.1 Å². The maximum absolute atomic E-state index is 12.3. The van der Waals surface area contributed by atoms with Crippen molar-refractivity contribution in [2.24, 2.45) is 0 Å². The molecule has 0 radical (unpaired) electrons. The van der Waals surface area contributed by atoms with Crippen LogP contribution < -0.4 is 10.6 Å². The van der Waals surface area contributed by atoms with Gasteiger partial charge in [-0.15, -0.1) is 4.44 Å². The minimum absolute atomic E-state index is 0.0582. The Hall–Kier alpha value is -1.73. The van der Waals surface area contributed by atoms with E-state index in [-0.39, 0.29) is 28.8 Å². The molecule has 1 aromatic carbocycles. The molecule has 1 aliphatic heterocycles. The minimum Gasteiger partial charge on any atom is -0.359 e. The van der Waals surface area contributed by atoms with Crippen molar-refractivity contribution >= 4 is 27.1 Å². The monoisotopic (exact) mass is 482 g/mol. The third kappa shape index (κ3) is 7.42. The second-order valence-electron chi connectivity index (χ2n) is 6.89. The number of ether oxygens (including phenoxy) is 1. The molecule has 6 N–H and O–H groups in total. The Balaban J connectivity index is 1.81. The summed E-state index contributed by atoms with van der Waals surface area (Å²) in [5, 5.41) is 16.6. The van der Waals surface area contributed by atoms with Crippen molar-refractivity contribution in [3.63, 3.8) is 0 Å². The SMILES string of the molecule is Cc1ccc([N+](=O)[O-])c(C(=O)NCCNC2CCC(CN(P(=O)(O)O)P(=O)(O)O)O2)c1. The first-order valence-corrected chi connectivity index (χ1v) is 12.2. The van der Waals surface area contributed by atoms with E-state index < -0.39 is 45.2 Å². The third-order valence-corrected chi connectivity index (χ3v) is 7.38. The fraction of sp³-hybridized carbons (Fsp3) is 0.533. The van der Waals surface area contributed by atoms with Crippen LogP contribution >= 0.6 is 15.5 Å². The highest BCUT2D eigenvalue weighted by Gasteiger charge is 2.42. The quantitative estimate of drug-likeness (QED) is 0.114. The van der Waals surface area contributed by atoms with Gasteiger partial charge in [-0.2, -0.15) is 0 Å². The Kier molecular flexibility index (Phi) is 8.45. The lowest BCUT2D eigenvalue weighted by Gasteiger charge is -2.26. The van der Waals surface area contributed by atoms with Crippen molar-refractivity contribution in [1.29, 1.82) is 0 Å². The number of hydrogen-bond donors (Lipinski definition) is 6. The van der Waals surface area contributed by atoms with Crippen LogP contribution in [0.3, 0.4) is 0 Å². The Morgan fingerprint density at radius 3 is 2.45 bits per heavy atom. The zero-order valence-electron chi connectivity index (χ0n) is 16.4. The van der Waals surface area contributed by atoms with Gasteiger partial charge in [0.2, 0.25) is 0 Å². The molecule has 1 aromatic rings. The normalized spacial score (nSPS) is 19.5. The van der Waals surface area contributed by atoms with Gasteiger partial charge in [0.25, 0.3) is 11.6 Å². The molecular formula is C15H24N4O10P2. The van der Waals surface area contributed by atoms with Crippen LogP contribution in [0.15, 0.2) is 18.2 Å². The molecule has 1 aliphatic rings. The number of nitro groups is 1. The summed E-state index contributed by atoms with van der Waals surface area (Å²) >= 11 is 0. The van der Waals surface area contributed by atoms with Gasteiger partial charge in [-0.1, -0.05) is 6.07 Å². The first kappa shape index (κ1) is 25.5. The summed E-state index contributed by atoms with van der Waals surface area (Å²) in [5.74, 6) is -0.610. The number of aryl methyl sites for hydroxylation is 1. The van der Waals surface area contributed by atoms with Crippen molar-refractivity contribution in [1.82, 2.24) is 15.1 Å². The lowest BCUT2D eigenvalue weighted by Crippen LogP contribution is -2.38. The summed E-state index contributed by atoms with van der Waals surface area (Å²) < 4.78 is 27.9. The minimum atomic E-state index is -5.18. The standard InChI is InChI=1S/C15H24N4O10P2/c1-10-2-4-13(19(21)22)12(8-10)15(20)17-7-6-16-14-5-3-11(29-14)9-18(30(23,24)25)31(26,27)28/h2,4,8,11,14,16H,3,5-7,9H2,1H3,(H,17,20)(H2,23,24,25)(H2,26,27,28). The average Bonchev–Trinajstić information content (AvgIpc) is 3.08. The van der Waals surface area contributed by atoms with E-state index in [1.165, 1.54) is 18.2 Å². The first-order valence-electron chi connectivity index (χ1n) is 9.10. The first-order chi connectivity index (χ1) is 14.3. The van der Waals surface area contributed by atoms with E-state index >= 15 is 0 Å². The number of carbonyl (C=O) groups is 1. The molecule has 1 fully saturated rings. The zero-order chi connectivity index (χ0) is 23.4. The van der Waals surface area contributed by atoms with Crippen molar-refractivity contribution in [3.8, 4) is 0 Å². The maximum Gasteiger partial charge on any atom is 0.412 e. The number of rotatable bonds is 10. The number of carbonyl (C=O) groups excluding carboxylic acids is 1. The number of nitrogens with one attached hydrogen (secondary N) is 2. The second kappa shape index (κ2) is 10.3. The van der Waals surface area contributed by atoms with Gasteiger partial charge < -0.3 is 29.6 Å². The van der Waals surface area contributed by atoms with Gasteiger partial charge in [-0.25, -0.2) is 9.13 Å². The average molecular weight is 482 g/mol. The van der Waals surface area contributed by atoms with Crippen molar-refractivity contribution < 1.29 is 43.2 Å². The van der Waals surface area contributed by atoms with Crippen LogP contribution in [0.2, 0.25) is 0 Å². The van der Waals surface area contributed by atoms with Crippen LogP contribution in [-0.2, 0) is 13.9 Å². The van der Waals surface area contributed by atoms with Crippen molar-refractivity contribution in [2.75, 3.05) is 19.6 Å². The van der Waals surface area contributed by atoms with Crippen LogP contribution in [-0.4, -0.2) is 66.8 Å². The zero-order valence-corrected chi connectivity index (χ0v) is 18.2. The Morgan fingerprint density at radius 2 is 1.87 bits per heavy atom. The van der Waals surface area contributed by atoms with E-state index in [9.17, 15) is 24.0 Å². The van der Waals surface area contributed by atoms with Crippen LogP contribution in [0.5, 0.6) is 0 Å². The van der Waals surface area contributed by atoms with E-state index in [2.05, 4.69) is 10.6 Å². The van der Waals surface area contributed by atoms with Gasteiger partial charge in [0.15, 0.2) is 0 Å². The molecular weight excluding hydrogens is 458 g/mol. The highest BCUT2D eigenvalue weighted by molar-refractivity contribution is 7.65. The molecule has 2 unspecified atom stereocenters. The predicted octanol–water partition coefficient (Wildman–Crippen LogP) is 0.215. The van der Waals surface area contributed by atoms with Crippen LogP contribution in [0, 0.1) is 17.0 Å². The molecule has 0 aliphatic carbocycles. The van der Waals surface area contributed by atoms with E-state index in [0.29, 0.717) is 18.4 Å². The molecule has 0 bridgehead atoms. The van der Waals surface area contributed by atoms with Gasteiger partial charge >= 0.3 is 15.5 Å². The molecule has 174 valence electrons. The van der Waals surface area contributed by atoms with Gasteiger partial charge in [-0.3, -0.25) is 20.2 Å². The number of nitrogens with zero attached hydrogens (tertiary/aromatic N) is 2. The highest BCUT2D eigenvalue weighted by Crippen LogP contribution is 2.58. The Bertz CT molecular complexity index is 895. The summed E-state index contributed by atoms with van der Waals surface area (Å²) in [6.07, 6.45) is -0.651. The van der Waals surface area contributed by atoms with Gasteiger partial charge in [0.05, 0.1) is 11.0 Å². The molecule has 31 heavy (non-hydrogen) atoms. The summed E-state index contributed by atoms with van der Waals surface area (Å²) in [4.78, 5) is 59.2. The number of nitro benzene ring substituents is 1. The Morgan fingerprint density at radius 1 is 1.23 bits per heavy atom. The molecule has 2 atom stereocenters.